The van der Waals surface area contributed by atoms with E-state index in [0.717, 1.165) is 11.5 Å². The molecule has 1 rings (SSSR count). The van der Waals surface area contributed by atoms with Crippen molar-refractivity contribution in [3.05, 3.63) is 0 Å². The predicted molar refractivity (Wildman–Crippen MR) is 52.3 cm³/mol. The normalized spacial score (nSPS) is 12.1. The van der Waals surface area contributed by atoms with Crippen LogP contribution in [-0.2, 0) is 4.79 Å². The van der Waals surface area contributed by atoms with Crippen molar-refractivity contribution in [3.8, 4) is 0 Å². The minimum absolute atomic E-state index is 0.148. The van der Waals surface area contributed by atoms with E-state index in [1.54, 1.807) is 6.92 Å². The van der Waals surface area contributed by atoms with Gasteiger partial charge in [-0.1, -0.05) is 21.8 Å². The number of carbonyl (C=O) groups excluding carboxylic acids is 1. The number of hydrogen-bond acceptors (Lipinski definition) is 6. The Hall–Kier alpha value is -1.15. The topological polar surface area (TPSA) is 93.8 Å². The molecule has 0 aliphatic heterocycles. The first-order valence-electron chi connectivity index (χ1n) is 3.36. The Morgan fingerprint density at radius 3 is 2.92 bits per heavy atom. The Morgan fingerprint density at radius 1 is 1.77 bits per heavy atom. The molecule has 0 aliphatic carbocycles. The number of nitrogens with zero attached hydrogens (tertiary/aromatic N) is 3. The molecule has 0 saturated carbocycles. The van der Waals surface area contributed by atoms with Crippen molar-refractivity contribution >= 4 is 39.8 Å². The van der Waals surface area contributed by atoms with E-state index in [9.17, 15) is 4.79 Å². The Bertz CT molecular complexity index is 311. The second-order valence-corrected chi connectivity index (χ2v) is 3.48. The number of carbonyl (C=O) groups is 1. The van der Waals surface area contributed by atoms with Gasteiger partial charge in [-0.15, -0.1) is 0 Å². The summed E-state index contributed by atoms with van der Waals surface area (Å²) in [6.07, 6.45) is 0. The first-order chi connectivity index (χ1) is 6.11. The summed E-state index contributed by atoms with van der Waals surface area (Å²) in [5.74, 6) is -0.815. The highest BCUT2D eigenvalue weighted by molar-refractivity contribution is 7.80. The summed E-state index contributed by atoms with van der Waals surface area (Å²) in [6.45, 7) is 1.62. The zero-order valence-corrected chi connectivity index (χ0v) is 8.35. The minimum Gasteiger partial charge on any atom is -0.393 e. The molecule has 1 amide bonds. The van der Waals surface area contributed by atoms with Crippen LogP contribution in [0.4, 0.5) is 5.13 Å². The third kappa shape index (κ3) is 2.67. The van der Waals surface area contributed by atoms with Crippen LogP contribution in [-0.4, -0.2) is 25.7 Å². The highest BCUT2D eigenvalue weighted by Gasteiger charge is 2.16. The fraction of sp³-hybridized carbons (Fsp3) is 0.400. The number of nitrogens with two attached hydrogens (primary N) is 1. The number of rotatable bonds is 3. The lowest BCUT2D eigenvalue weighted by molar-refractivity contribution is -0.117. The summed E-state index contributed by atoms with van der Waals surface area (Å²) in [6, 6.07) is 0. The number of hydrogen-bond donors (Lipinski definition) is 2. The van der Waals surface area contributed by atoms with Gasteiger partial charge in [0.2, 0.25) is 11.0 Å². The first-order valence-corrected chi connectivity index (χ1v) is 4.54. The van der Waals surface area contributed by atoms with Gasteiger partial charge in [-0.25, -0.2) is 0 Å². The minimum atomic E-state index is -0.515. The van der Waals surface area contributed by atoms with Crippen LogP contribution in [0.5, 0.6) is 0 Å². The van der Waals surface area contributed by atoms with Crippen molar-refractivity contribution in [1.82, 2.24) is 14.8 Å². The summed E-state index contributed by atoms with van der Waals surface area (Å²) < 4.78 is 3.48. The average Bonchev–Trinajstić information content (AvgIpc) is 2.55. The molecular formula is C5H7N5OS2. The van der Waals surface area contributed by atoms with Gasteiger partial charge in [0.25, 0.3) is 0 Å². The number of nitrogens with one attached hydrogen (secondary N) is 1. The van der Waals surface area contributed by atoms with Gasteiger partial charge in [0.05, 0.1) is 10.9 Å². The molecule has 0 bridgehead atoms. The first kappa shape index (κ1) is 9.93. The molecule has 70 valence electrons. The number of anilines is 1. The van der Waals surface area contributed by atoms with Crippen LogP contribution in [0.25, 0.3) is 0 Å². The molecule has 1 atom stereocenters. The lowest BCUT2D eigenvalue weighted by atomic mass is 10.2. The molecule has 0 aliphatic rings. The van der Waals surface area contributed by atoms with E-state index < -0.39 is 5.92 Å². The number of thiocarbonyl (C=S) groups is 1. The highest BCUT2D eigenvalue weighted by Crippen LogP contribution is 2.07. The molecular weight excluding hydrogens is 210 g/mol. The van der Waals surface area contributed by atoms with Crippen molar-refractivity contribution in [2.24, 2.45) is 11.7 Å². The van der Waals surface area contributed by atoms with E-state index >= 15 is 0 Å². The summed E-state index contributed by atoms with van der Waals surface area (Å²) in [5.41, 5.74) is 5.29. The maximum absolute atomic E-state index is 11.3. The molecule has 6 nitrogen and oxygen atoms in total. The molecule has 1 aromatic heterocycles. The molecule has 0 fully saturated rings. The Kier molecular flexibility index (Phi) is 3.20. The predicted octanol–water partition coefficient (Wildman–Crippen LogP) is -0.206. The van der Waals surface area contributed by atoms with Crippen LogP contribution < -0.4 is 11.1 Å². The Labute approximate surface area is 83.7 Å². The van der Waals surface area contributed by atoms with E-state index in [1.165, 1.54) is 0 Å². The average molecular weight is 217 g/mol. The van der Waals surface area contributed by atoms with Gasteiger partial charge in [0.1, 0.15) is 0 Å². The molecule has 3 N–H and O–H groups in total. The van der Waals surface area contributed by atoms with Crippen LogP contribution in [0.1, 0.15) is 6.92 Å². The monoisotopic (exact) mass is 217 g/mol. The van der Waals surface area contributed by atoms with Crippen LogP contribution in [0.15, 0.2) is 0 Å². The van der Waals surface area contributed by atoms with Gasteiger partial charge in [-0.05, 0) is 12.1 Å². The van der Waals surface area contributed by atoms with E-state index in [4.69, 9.17) is 5.73 Å². The van der Waals surface area contributed by atoms with Crippen molar-refractivity contribution in [2.75, 3.05) is 5.32 Å². The van der Waals surface area contributed by atoms with E-state index in [-0.39, 0.29) is 10.9 Å². The summed E-state index contributed by atoms with van der Waals surface area (Å²) in [7, 11) is 0. The van der Waals surface area contributed by atoms with E-state index in [0.29, 0.717) is 5.13 Å². The van der Waals surface area contributed by atoms with Gasteiger partial charge in [0.15, 0.2) is 0 Å². The lowest BCUT2D eigenvalue weighted by Gasteiger charge is -2.06. The third-order valence-electron chi connectivity index (χ3n) is 1.35. The zero-order chi connectivity index (χ0) is 9.84. The van der Waals surface area contributed by atoms with Gasteiger partial charge in [-0.2, -0.15) is 0 Å². The van der Waals surface area contributed by atoms with Crippen LogP contribution in [0.3, 0.4) is 0 Å². The largest absolute Gasteiger partial charge is 0.393 e. The highest BCUT2D eigenvalue weighted by atomic mass is 32.1. The Morgan fingerprint density at radius 2 is 2.46 bits per heavy atom. The van der Waals surface area contributed by atoms with E-state index in [1.807, 2.05) is 0 Å². The molecule has 1 heterocycles. The zero-order valence-electron chi connectivity index (χ0n) is 6.72. The SMILES string of the molecule is CC(C(=O)Nc1nnns1)C(N)=S. The van der Waals surface area contributed by atoms with Gasteiger partial charge in [0, 0.05) is 11.5 Å². The summed E-state index contributed by atoms with van der Waals surface area (Å²) in [5, 5.41) is 9.68. The van der Waals surface area contributed by atoms with Gasteiger partial charge in [-0.3, -0.25) is 10.1 Å². The van der Waals surface area contributed by atoms with Crippen LogP contribution in [0.2, 0.25) is 0 Å². The standard InChI is InChI=1S/C5H7N5OS2/c1-2(3(6)12)4(11)7-5-8-9-10-13-5/h2H,1H3,(H2,6,12)(H,7,8,10,11). The quantitative estimate of drug-likeness (QED) is 0.681. The second kappa shape index (κ2) is 4.19. The Balaban J connectivity index is 2.56. The number of amides is 1. The van der Waals surface area contributed by atoms with Crippen molar-refractivity contribution in [1.29, 1.82) is 0 Å². The number of aromatic nitrogens is 3. The van der Waals surface area contributed by atoms with Gasteiger partial charge < -0.3 is 5.73 Å². The maximum atomic E-state index is 11.3. The van der Waals surface area contributed by atoms with Crippen molar-refractivity contribution in [2.45, 2.75) is 6.92 Å². The molecule has 13 heavy (non-hydrogen) atoms. The van der Waals surface area contributed by atoms with Crippen molar-refractivity contribution < 1.29 is 4.79 Å². The van der Waals surface area contributed by atoms with E-state index in [2.05, 4.69) is 32.3 Å². The van der Waals surface area contributed by atoms with Crippen LogP contribution >= 0.6 is 23.8 Å². The maximum Gasteiger partial charge on any atom is 0.235 e. The molecule has 0 radical (unpaired) electrons. The second-order valence-electron chi connectivity index (χ2n) is 2.28. The fourth-order valence-electron chi connectivity index (χ4n) is 0.525. The smallest absolute Gasteiger partial charge is 0.235 e. The summed E-state index contributed by atoms with van der Waals surface area (Å²) in [4.78, 5) is 11.4. The molecule has 1 aromatic rings. The summed E-state index contributed by atoms with van der Waals surface area (Å²) >= 11 is 5.65. The van der Waals surface area contributed by atoms with Gasteiger partial charge >= 0.3 is 0 Å². The van der Waals surface area contributed by atoms with Crippen molar-refractivity contribution in [3.63, 3.8) is 0 Å². The van der Waals surface area contributed by atoms with Crippen LogP contribution in [0, 0.1) is 5.92 Å². The molecule has 0 saturated heterocycles. The molecule has 8 heteroatoms. The molecule has 0 aromatic carbocycles. The lowest BCUT2D eigenvalue weighted by Crippen LogP contribution is -2.30. The molecule has 1 unspecified atom stereocenters. The third-order valence-corrected chi connectivity index (χ3v) is 2.21. The fourth-order valence-corrected chi connectivity index (χ4v) is 1.00. The molecule has 0 spiro atoms.